The van der Waals surface area contributed by atoms with Crippen LogP contribution in [0.2, 0.25) is 0 Å². The van der Waals surface area contributed by atoms with Gasteiger partial charge in [-0.15, -0.1) is 0 Å². The van der Waals surface area contributed by atoms with Crippen LogP contribution < -0.4 is 5.32 Å². The maximum Gasteiger partial charge on any atom is 0.223 e. The van der Waals surface area contributed by atoms with Crippen LogP contribution in [0.4, 0.5) is 0 Å². The van der Waals surface area contributed by atoms with E-state index in [9.17, 15) is 4.79 Å². The fourth-order valence-electron chi connectivity index (χ4n) is 2.35. The van der Waals surface area contributed by atoms with Crippen molar-refractivity contribution in [2.24, 2.45) is 5.41 Å². The number of likely N-dealkylation sites (tertiary alicyclic amines) is 1. The van der Waals surface area contributed by atoms with Gasteiger partial charge >= 0.3 is 0 Å². The van der Waals surface area contributed by atoms with Crippen molar-refractivity contribution >= 4 is 5.91 Å². The zero-order valence-corrected chi connectivity index (χ0v) is 12.8. The SMILES string of the molecule is CCC1(C)CCN(C(=O)CCNC(C)(C)C)CC1. The number of rotatable bonds is 4. The summed E-state index contributed by atoms with van der Waals surface area (Å²) in [6.07, 6.45) is 4.16. The van der Waals surface area contributed by atoms with Crippen LogP contribution in [0.1, 0.15) is 60.3 Å². The molecule has 1 aliphatic rings. The summed E-state index contributed by atoms with van der Waals surface area (Å²) in [5.41, 5.74) is 0.559. The van der Waals surface area contributed by atoms with Crippen molar-refractivity contribution in [3.63, 3.8) is 0 Å². The number of piperidine rings is 1. The lowest BCUT2D eigenvalue weighted by molar-refractivity contribution is -0.133. The molecule has 0 aromatic heterocycles. The van der Waals surface area contributed by atoms with E-state index in [1.165, 1.54) is 6.42 Å². The summed E-state index contributed by atoms with van der Waals surface area (Å²) < 4.78 is 0. The molecule has 1 heterocycles. The van der Waals surface area contributed by atoms with E-state index in [0.29, 0.717) is 17.7 Å². The first-order valence-corrected chi connectivity index (χ1v) is 7.29. The Labute approximate surface area is 112 Å². The second-order valence-corrected chi connectivity index (χ2v) is 6.97. The molecule has 0 bridgehead atoms. The molecule has 1 fully saturated rings. The molecule has 0 unspecified atom stereocenters. The quantitative estimate of drug-likeness (QED) is 0.836. The van der Waals surface area contributed by atoms with E-state index in [0.717, 1.165) is 32.5 Å². The molecule has 1 N–H and O–H groups in total. The normalized spacial score (nSPS) is 19.9. The molecule has 0 aliphatic carbocycles. The predicted molar refractivity (Wildman–Crippen MR) is 76.6 cm³/mol. The van der Waals surface area contributed by atoms with Crippen LogP contribution in [0.15, 0.2) is 0 Å². The standard InChI is InChI=1S/C15H30N2O/c1-6-15(5)8-11-17(12-9-15)13(18)7-10-16-14(2,3)4/h16H,6-12H2,1-5H3. The molecule has 3 heteroatoms. The highest BCUT2D eigenvalue weighted by Crippen LogP contribution is 2.33. The molecule has 1 saturated heterocycles. The van der Waals surface area contributed by atoms with Gasteiger partial charge in [-0.1, -0.05) is 20.3 Å². The number of nitrogens with one attached hydrogen (secondary N) is 1. The van der Waals surface area contributed by atoms with Crippen molar-refractivity contribution in [3.8, 4) is 0 Å². The smallest absolute Gasteiger partial charge is 0.223 e. The van der Waals surface area contributed by atoms with E-state index in [4.69, 9.17) is 0 Å². The van der Waals surface area contributed by atoms with Gasteiger partial charge in [-0.2, -0.15) is 0 Å². The average molecular weight is 254 g/mol. The Kier molecular flexibility index (Phi) is 5.20. The summed E-state index contributed by atoms with van der Waals surface area (Å²) in [6.45, 7) is 13.7. The van der Waals surface area contributed by atoms with Crippen LogP contribution in [-0.2, 0) is 4.79 Å². The highest BCUT2D eigenvalue weighted by atomic mass is 16.2. The van der Waals surface area contributed by atoms with Crippen LogP contribution >= 0.6 is 0 Å². The molecular weight excluding hydrogens is 224 g/mol. The highest BCUT2D eigenvalue weighted by Gasteiger charge is 2.29. The minimum absolute atomic E-state index is 0.100. The lowest BCUT2D eigenvalue weighted by atomic mass is 9.78. The van der Waals surface area contributed by atoms with E-state index in [2.05, 4.69) is 39.9 Å². The molecule has 0 atom stereocenters. The third-order valence-corrected chi connectivity index (χ3v) is 4.17. The molecule has 0 aromatic rings. The molecule has 0 aromatic carbocycles. The van der Waals surface area contributed by atoms with E-state index in [1.807, 2.05) is 4.90 Å². The summed E-state index contributed by atoms with van der Waals surface area (Å²) in [6, 6.07) is 0. The summed E-state index contributed by atoms with van der Waals surface area (Å²) in [5, 5.41) is 3.37. The molecule has 1 amide bonds. The molecule has 3 nitrogen and oxygen atoms in total. The Morgan fingerprint density at radius 2 is 1.83 bits per heavy atom. The van der Waals surface area contributed by atoms with Gasteiger partial charge in [0.2, 0.25) is 5.91 Å². The van der Waals surface area contributed by atoms with Crippen molar-refractivity contribution in [3.05, 3.63) is 0 Å². The first-order valence-electron chi connectivity index (χ1n) is 7.29. The van der Waals surface area contributed by atoms with Crippen molar-refractivity contribution in [1.29, 1.82) is 0 Å². The molecular formula is C15H30N2O. The minimum atomic E-state index is 0.100. The fraction of sp³-hybridized carbons (Fsp3) is 0.933. The van der Waals surface area contributed by atoms with Gasteiger partial charge in [-0.25, -0.2) is 0 Å². The molecule has 18 heavy (non-hydrogen) atoms. The van der Waals surface area contributed by atoms with Gasteiger partial charge in [0.15, 0.2) is 0 Å². The Hall–Kier alpha value is -0.570. The Bertz CT molecular complexity index is 273. The van der Waals surface area contributed by atoms with E-state index < -0.39 is 0 Å². The van der Waals surface area contributed by atoms with Crippen LogP contribution in [0.5, 0.6) is 0 Å². The van der Waals surface area contributed by atoms with E-state index in [-0.39, 0.29) is 5.54 Å². The van der Waals surface area contributed by atoms with Crippen molar-refractivity contribution in [2.75, 3.05) is 19.6 Å². The molecule has 1 rings (SSSR count). The van der Waals surface area contributed by atoms with Gasteiger partial charge in [-0.3, -0.25) is 4.79 Å². The van der Waals surface area contributed by atoms with Gasteiger partial charge in [0.05, 0.1) is 0 Å². The van der Waals surface area contributed by atoms with Crippen LogP contribution in [-0.4, -0.2) is 36.0 Å². The lowest BCUT2D eigenvalue weighted by Crippen LogP contribution is -2.44. The van der Waals surface area contributed by atoms with Crippen molar-refractivity contribution in [1.82, 2.24) is 10.2 Å². The lowest BCUT2D eigenvalue weighted by Gasteiger charge is -2.39. The Morgan fingerprint density at radius 1 is 1.28 bits per heavy atom. The fourth-order valence-corrected chi connectivity index (χ4v) is 2.35. The number of hydrogen-bond acceptors (Lipinski definition) is 2. The first-order chi connectivity index (χ1) is 8.26. The molecule has 0 radical (unpaired) electrons. The van der Waals surface area contributed by atoms with Gasteiger partial charge in [-0.05, 0) is 39.0 Å². The molecule has 106 valence electrons. The van der Waals surface area contributed by atoms with Crippen LogP contribution in [0, 0.1) is 5.41 Å². The third kappa shape index (κ3) is 4.97. The largest absolute Gasteiger partial charge is 0.343 e. The second kappa shape index (κ2) is 6.05. The topological polar surface area (TPSA) is 32.3 Å². The van der Waals surface area contributed by atoms with Crippen LogP contribution in [0.3, 0.4) is 0 Å². The van der Waals surface area contributed by atoms with E-state index >= 15 is 0 Å². The minimum Gasteiger partial charge on any atom is -0.343 e. The van der Waals surface area contributed by atoms with Crippen LogP contribution in [0.25, 0.3) is 0 Å². The summed E-state index contributed by atoms with van der Waals surface area (Å²) >= 11 is 0. The Morgan fingerprint density at radius 3 is 2.28 bits per heavy atom. The molecule has 1 aliphatic heterocycles. The third-order valence-electron chi connectivity index (χ3n) is 4.17. The van der Waals surface area contributed by atoms with Gasteiger partial charge in [0.1, 0.15) is 0 Å². The summed E-state index contributed by atoms with van der Waals surface area (Å²) in [4.78, 5) is 14.1. The number of amides is 1. The van der Waals surface area contributed by atoms with Gasteiger partial charge in [0.25, 0.3) is 0 Å². The average Bonchev–Trinajstić information content (AvgIpc) is 2.28. The number of carbonyl (C=O) groups excluding carboxylic acids is 1. The maximum atomic E-state index is 12.1. The second-order valence-electron chi connectivity index (χ2n) is 6.97. The predicted octanol–water partition coefficient (Wildman–Crippen LogP) is 2.80. The maximum absolute atomic E-state index is 12.1. The highest BCUT2D eigenvalue weighted by molar-refractivity contribution is 5.76. The van der Waals surface area contributed by atoms with Crippen molar-refractivity contribution in [2.45, 2.75) is 65.8 Å². The molecule has 0 saturated carbocycles. The van der Waals surface area contributed by atoms with Gasteiger partial charge in [0, 0.05) is 31.6 Å². The summed E-state index contributed by atoms with van der Waals surface area (Å²) in [7, 11) is 0. The number of hydrogen-bond donors (Lipinski definition) is 1. The monoisotopic (exact) mass is 254 g/mol. The van der Waals surface area contributed by atoms with Gasteiger partial charge < -0.3 is 10.2 Å². The number of carbonyl (C=O) groups is 1. The number of nitrogens with zero attached hydrogens (tertiary/aromatic N) is 1. The Balaban J connectivity index is 2.28. The zero-order valence-electron chi connectivity index (χ0n) is 12.8. The van der Waals surface area contributed by atoms with Crippen molar-refractivity contribution < 1.29 is 4.79 Å². The molecule has 0 spiro atoms. The first kappa shape index (κ1) is 15.5. The zero-order chi connectivity index (χ0) is 13.8. The van der Waals surface area contributed by atoms with E-state index in [1.54, 1.807) is 0 Å². The summed E-state index contributed by atoms with van der Waals surface area (Å²) in [5.74, 6) is 0.310.